The summed E-state index contributed by atoms with van der Waals surface area (Å²) < 4.78 is 7.61. The maximum atomic E-state index is 5.86. The topological polar surface area (TPSA) is 30.3 Å². The fraction of sp³-hybridized carbons (Fsp3) is 0.211. The highest BCUT2D eigenvalue weighted by Gasteiger charge is 2.05. The molecule has 2 aromatic carbocycles. The van der Waals surface area contributed by atoms with Crippen LogP contribution in [-0.4, -0.2) is 34.9 Å². The van der Waals surface area contributed by atoms with E-state index in [2.05, 4.69) is 17.0 Å². The van der Waals surface area contributed by atoms with E-state index in [-0.39, 0.29) is 0 Å². The Kier molecular flexibility index (Phi) is 5.51. The number of halogens is 1. The van der Waals surface area contributed by atoms with Gasteiger partial charge in [-0.3, -0.25) is 4.90 Å². The van der Waals surface area contributed by atoms with E-state index >= 15 is 0 Å². The van der Waals surface area contributed by atoms with Crippen LogP contribution in [0.5, 0.6) is 5.75 Å². The van der Waals surface area contributed by atoms with Crippen molar-refractivity contribution in [2.45, 2.75) is 6.54 Å². The summed E-state index contributed by atoms with van der Waals surface area (Å²) in [6.45, 7) is 2.22. The van der Waals surface area contributed by atoms with Crippen LogP contribution in [0, 0.1) is 0 Å². The van der Waals surface area contributed by atoms with Crippen LogP contribution in [0.4, 0.5) is 0 Å². The summed E-state index contributed by atoms with van der Waals surface area (Å²) in [6, 6.07) is 19.6. The number of likely N-dealkylation sites (N-methyl/N-ethyl adjacent to an activating group) is 1. The van der Waals surface area contributed by atoms with Crippen LogP contribution in [0.15, 0.2) is 66.9 Å². The van der Waals surface area contributed by atoms with Gasteiger partial charge in [-0.2, -0.15) is 5.10 Å². The summed E-state index contributed by atoms with van der Waals surface area (Å²) in [6.07, 6.45) is 1.99. The van der Waals surface area contributed by atoms with Gasteiger partial charge >= 0.3 is 0 Å². The number of rotatable bonds is 7. The summed E-state index contributed by atoms with van der Waals surface area (Å²) in [5.41, 5.74) is 2.10. The lowest BCUT2D eigenvalue weighted by atomic mass is 10.3. The molecule has 0 unspecified atom stereocenters. The predicted octanol–water partition coefficient (Wildman–Crippen LogP) is 4.04. The molecular weight excluding hydrogens is 322 g/mol. The minimum Gasteiger partial charge on any atom is -0.492 e. The molecule has 0 saturated heterocycles. The van der Waals surface area contributed by atoms with Crippen LogP contribution in [-0.2, 0) is 6.54 Å². The molecule has 5 heteroatoms. The number of ether oxygens (including phenoxy) is 1. The van der Waals surface area contributed by atoms with E-state index < -0.39 is 0 Å². The van der Waals surface area contributed by atoms with Gasteiger partial charge in [-0.1, -0.05) is 29.8 Å². The fourth-order valence-electron chi connectivity index (χ4n) is 2.38. The molecule has 0 aliphatic heterocycles. The molecule has 1 aromatic heterocycles. The lowest BCUT2D eigenvalue weighted by molar-refractivity contribution is 0.231. The van der Waals surface area contributed by atoms with Crippen LogP contribution in [0.3, 0.4) is 0 Å². The zero-order valence-electron chi connectivity index (χ0n) is 13.6. The van der Waals surface area contributed by atoms with Crippen LogP contribution in [0.2, 0.25) is 5.02 Å². The molecule has 3 aromatic rings. The van der Waals surface area contributed by atoms with E-state index in [4.69, 9.17) is 16.3 Å². The van der Waals surface area contributed by atoms with Gasteiger partial charge in [0.2, 0.25) is 0 Å². The summed E-state index contributed by atoms with van der Waals surface area (Å²) in [7, 11) is 2.06. The number of nitrogens with zero attached hydrogens (tertiary/aromatic N) is 3. The Hall–Kier alpha value is -2.30. The molecular formula is C19H20ClN3O. The monoisotopic (exact) mass is 341 g/mol. The molecule has 0 N–H and O–H groups in total. The number of hydrogen-bond acceptors (Lipinski definition) is 3. The first-order chi connectivity index (χ1) is 11.7. The van der Waals surface area contributed by atoms with Crippen LogP contribution < -0.4 is 4.74 Å². The maximum Gasteiger partial charge on any atom is 0.119 e. The van der Waals surface area contributed by atoms with Crippen molar-refractivity contribution in [3.63, 3.8) is 0 Å². The van der Waals surface area contributed by atoms with Gasteiger partial charge in [0, 0.05) is 24.3 Å². The molecule has 4 nitrogen and oxygen atoms in total. The minimum atomic E-state index is 0.623. The minimum absolute atomic E-state index is 0.623. The van der Waals surface area contributed by atoms with Crippen molar-refractivity contribution >= 4 is 11.6 Å². The van der Waals surface area contributed by atoms with E-state index in [9.17, 15) is 0 Å². The Bertz CT molecular complexity index is 756. The Morgan fingerprint density at radius 2 is 1.79 bits per heavy atom. The highest BCUT2D eigenvalue weighted by atomic mass is 35.5. The first-order valence-electron chi connectivity index (χ1n) is 7.87. The SMILES string of the molecule is CN(CCOc1ccc(Cl)cc1)Cc1ccn(-c2ccccc2)n1. The number of aromatic nitrogens is 2. The van der Waals surface area contributed by atoms with Gasteiger partial charge < -0.3 is 4.74 Å². The molecule has 3 rings (SSSR count). The van der Waals surface area contributed by atoms with E-state index in [1.54, 1.807) is 0 Å². The molecule has 124 valence electrons. The summed E-state index contributed by atoms with van der Waals surface area (Å²) in [5, 5.41) is 5.33. The van der Waals surface area contributed by atoms with E-state index in [0.29, 0.717) is 11.6 Å². The number of para-hydroxylation sites is 1. The smallest absolute Gasteiger partial charge is 0.119 e. The summed E-state index contributed by atoms with van der Waals surface area (Å²) in [4.78, 5) is 2.19. The first kappa shape index (κ1) is 16.6. The molecule has 0 fully saturated rings. The van der Waals surface area contributed by atoms with E-state index in [1.807, 2.05) is 71.5 Å². The summed E-state index contributed by atoms with van der Waals surface area (Å²) in [5.74, 6) is 0.834. The third-order valence-corrected chi connectivity index (χ3v) is 3.90. The van der Waals surface area contributed by atoms with Gasteiger partial charge in [-0.25, -0.2) is 4.68 Å². The Balaban J connectivity index is 1.47. The Labute approximate surface area is 147 Å². The second-order valence-corrected chi connectivity index (χ2v) is 6.06. The molecule has 0 spiro atoms. The molecule has 0 aliphatic carbocycles. The zero-order valence-corrected chi connectivity index (χ0v) is 14.4. The average molecular weight is 342 g/mol. The number of benzene rings is 2. The van der Waals surface area contributed by atoms with Gasteiger partial charge in [0.25, 0.3) is 0 Å². The van der Waals surface area contributed by atoms with Crippen LogP contribution >= 0.6 is 11.6 Å². The van der Waals surface area contributed by atoms with Crippen LogP contribution in [0.1, 0.15) is 5.69 Å². The number of hydrogen-bond donors (Lipinski definition) is 0. The van der Waals surface area contributed by atoms with Crippen molar-refractivity contribution in [3.8, 4) is 11.4 Å². The molecule has 0 saturated carbocycles. The largest absolute Gasteiger partial charge is 0.492 e. The normalized spacial score (nSPS) is 11.0. The lowest BCUT2D eigenvalue weighted by Gasteiger charge is -2.15. The van der Waals surface area contributed by atoms with E-state index in [0.717, 1.165) is 30.2 Å². The predicted molar refractivity (Wildman–Crippen MR) is 96.8 cm³/mol. The molecule has 0 atom stereocenters. The maximum absolute atomic E-state index is 5.86. The third kappa shape index (κ3) is 4.60. The Morgan fingerprint density at radius 1 is 1.04 bits per heavy atom. The zero-order chi connectivity index (χ0) is 16.8. The van der Waals surface area contributed by atoms with Crippen LogP contribution in [0.25, 0.3) is 5.69 Å². The van der Waals surface area contributed by atoms with Crippen molar-refractivity contribution in [2.24, 2.45) is 0 Å². The van der Waals surface area contributed by atoms with Gasteiger partial charge in [0.1, 0.15) is 12.4 Å². The lowest BCUT2D eigenvalue weighted by Crippen LogP contribution is -2.24. The second-order valence-electron chi connectivity index (χ2n) is 5.63. The van der Waals surface area contributed by atoms with Gasteiger partial charge in [-0.15, -0.1) is 0 Å². The molecule has 0 bridgehead atoms. The fourth-order valence-corrected chi connectivity index (χ4v) is 2.50. The average Bonchev–Trinajstić information content (AvgIpc) is 3.06. The van der Waals surface area contributed by atoms with E-state index in [1.165, 1.54) is 0 Å². The summed E-state index contributed by atoms with van der Waals surface area (Å²) >= 11 is 5.86. The first-order valence-corrected chi connectivity index (χ1v) is 8.25. The highest BCUT2D eigenvalue weighted by Crippen LogP contribution is 2.15. The van der Waals surface area contributed by atoms with Crippen molar-refractivity contribution < 1.29 is 4.74 Å². The van der Waals surface area contributed by atoms with Gasteiger partial charge in [0.15, 0.2) is 0 Å². The third-order valence-electron chi connectivity index (χ3n) is 3.65. The van der Waals surface area contributed by atoms with Crippen molar-refractivity contribution in [3.05, 3.63) is 77.6 Å². The molecule has 0 amide bonds. The van der Waals surface area contributed by atoms with Crippen molar-refractivity contribution in [2.75, 3.05) is 20.2 Å². The highest BCUT2D eigenvalue weighted by molar-refractivity contribution is 6.30. The molecule has 0 radical (unpaired) electrons. The molecule has 1 heterocycles. The quantitative estimate of drug-likeness (QED) is 0.649. The van der Waals surface area contributed by atoms with Gasteiger partial charge in [0.05, 0.1) is 11.4 Å². The Morgan fingerprint density at radius 3 is 2.54 bits per heavy atom. The van der Waals surface area contributed by atoms with Crippen molar-refractivity contribution in [1.29, 1.82) is 0 Å². The van der Waals surface area contributed by atoms with Gasteiger partial charge in [-0.05, 0) is 49.5 Å². The van der Waals surface area contributed by atoms with Crippen molar-refractivity contribution in [1.82, 2.24) is 14.7 Å². The standard InChI is InChI=1S/C19H20ClN3O/c1-22(13-14-24-19-9-7-16(20)8-10-19)15-17-11-12-23(21-17)18-5-3-2-4-6-18/h2-12H,13-15H2,1H3. The molecule has 0 aliphatic rings. The molecule has 24 heavy (non-hydrogen) atoms. The second kappa shape index (κ2) is 7.99.